The molecular weight excluding hydrogens is 236 g/mol. The Morgan fingerprint density at radius 2 is 1.74 bits per heavy atom. The summed E-state index contributed by atoms with van der Waals surface area (Å²) in [5.74, 6) is 1.00. The Labute approximate surface area is 118 Å². The second-order valence-corrected chi connectivity index (χ2v) is 6.61. The first kappa shape index (κ1) is 13.8. The van der Waals surface area contributed by atoms with Crippen LogP contribution < -0.4 is 5.32 Å². The minimum absolute atomic E-state index is 0.521. The molecule has 2 heterocycles. The zero-order valence-electron chi connectivity index (χ0n) is 12.3. The van der Waals surface area contributed by atoms with E-state index in [0.717, 1.165) is 31.7 Å². The maximum Gasteiger partial charge on any atom is 0.0600 e. The van der Waals surface area contributed by atoms with Crippen molar-refractivity contribution in [2.75, 3.05) is 32.8 Å². The Bertz CT molecular complexity index is 263. The molecule has 0 aromatic heterocycles. The fourth-order valence-electron chi connectivity index (χ4n) is 4.30. The average Bonchev–Trinajstić information content (AvgIpc) is 2.49. The summed E-state index contributed by atoms with van der Waals surface area (Å²) in [7, 11) is 0. The summed E-state index contributed by atoms with van der Waals surface area (Å²) in [6, 6.07) is 0.888. The van der Waals surface area contributed by atoms with Crippen molar-refractivity contribution in [2.45, 2.75) is 63.5 Å². The van der Waals surface area contributed by atoms with Gasteiger partial charge in [-0.15, -0.1) is 0 Å². The van der Waals surface area contributed by atoms with Crippen molar-refractivity contribution in [3.8, 4) is 0 Å². The SMILES string of the molecule is C1CC[C@@H]2[C@H](C1)CCCN2CCOC1CCNCC1. The van der Waals surface area contributed by atoms with Gasteiger partial charge in [0.25, 0.3) is 0 Å². The van der Waals surface area contributed by atoms with Gasteiger partial charge in [0, 0.05) is 12.6 Å². The number of nitrogens with zero attached hydrogens (tertiary/aromatic N) is 1. The molecule has 0 spiro atoms. The maximum atomic E-state index is 6.08. The van der Waals surface area contributed by atoms with E-state index in [1.54, 1.807) is 0 Å². The van der Waals surface area contributed by atoms with Crippen molar-refractivity contribution >= 4 is 0 Å². The summed E-state index contributed by atoms with van der Waals surface area (Å²) in [4.78, 5) is 2.74. The van der Waals surface area contributed by atoms with Gasteiger partial charge in [-0.3, -0.25) is 4.90 Å². The second kappa shape index (κ2) is 7.05. The van der Waals surface area contributed by atoms with Crippen molar-refractivity contribution < 1.29 is 4.74 Å². The maximum absolute atomic E-state index is 6.08. The number of fused-ring (bicyclic) bond motifs is 1. The Morgan fingerprint density at radius 1 is 0.947 bits per heavy atom. The van der Waals surface area contributed by atoms with Crippen LogP contribution in [0.3, 0.4) is 0 Å². The lowest BCUT2D eigenvalue weighted by atomic mass is 9.78. The van der Waals surface area contributed by atoms with Gasteiger partial charge >= 0.3 is 0 Å². The fraction of sp³-hybridized carbons (Fsp3) is 1.00. The van der Waals surface area contributed by atoms with E-state index in [0.29, 0.717) is 6.10 Å². The predicted octanol–water partition coefficient (Wildman–Crippen LogP) is 2.41. The quantitative estimate of drug-likeness (QED) is 0.846. The molecule has 0 amide bonds. The molecule has 1 N–H and O–H groups in total. The van der Waals surface area contributed by atoms with Crippen LogP contribution in [0.25, 0.3) is 0 Å². The van der Waals surface area contributed by atoms with Gasteiger partial charge in [0.2, 0.25) is 0 Å². The molecule has 0 unspecified atom stereocenters. The molecule has 3 aliphatic rings. The van der Waals surface area contributed by atoms with E-state index in [9.17, 15) is 0 Å². The van der Waals surface area contributed by atoms with E-state index in [1.165, 1.54) is 64.5 Å². The number of ether oxygens (including phenoxy) is 1. The van der Waals surface area contributed by atoms with Crippen molar-refractivity contribution in [1.82, 2.24) is 10.2 Å². The molecule has 3 heteroatoms. The van der Waals surface area contributed by atoms with E-state index in [-0.39, 0.29) is 0 Å². The van der Waals surface area contributed by atoms with Gasteiger partial charge in [-0.2, -0.15) is 0 Å². The number of nitrogens with one attached hydrogen (secondary N) is 1. The van der Waals surface area contributed by atoms with Gasteiger partial charge in [-0.1, -0.05) is 12.8 Å². The number of rotatable bonds is 4. The topological polar surface area (TPSA) is 24.5 Å². The molecule has 110 valence electrons. The molecule has 2 saturated heterocycles. The smallest absolute Gasteiger partial charge is 0.0600 e. The Hall–Kier alpha value is -0.120. The highest BCUT2D eigenvalue weighted by Gasteiger charge is 2.32. The van der Waals surface area contributed by atoms with Gasteiger partial charge in [-0.05, 0) is 64.1 Å². The molecule has 0 bridgehead atoms. The van der Waals surface area contributed by atoms with E-state index in [2.05, 4.69) is 10.2 Å². The number of hydrogen-bond acceptors (Lipinski definition) is 3. The Morgan fingerprint density at radius 3 is 2.63 bits per heavy atom. The minimum Gasteiger partial charge on any atom is -0.377 e. The molecule has 2 aliphatic heterocycles. The van der Waals surface area contributed by atoms with Crippen molar-refractivity contribution in [3.05, 3.63) is 0 Å². The molecule has 0 aromatic rings. The van der Waals surface area contributed by atoms with Crippen LogP contribution in [0.5, 0.6) is 0 Å². The van der Waals surface area contributed by atoms with E-state index < -0.39 is 0 Å². The Kier molecular flexibility index (Phi) is 5.14. The molecule has 1 aliphatic carbocycles. The van der Waals surface area contributed by atoms with E-state index in [1.807, 2.05) is 0 Å². The third-order valence-corrected chi connectivity index (χ3v) is 5.38. The van der Waals surface area contributed by atoms with Crippen LogP contribution in [0.15, 0.2) is 0 Å². The molecular formula is C16H30N2O. The molecule has 2 atom stereocenters. The molecule has 0 radical (unpaired) electrons. The van der Waals surface area contributed by atoms with Crippen molar-refractivity contribution in [3.63, 3.8) is 0 Å². The van der Waals surface area contributed by atoms with Crippen LogP contribution in [0.4, 0.5) is 0 Å². The zero-order chi connectivity index (χ0) is 12.9. The summed E-state index contributed by atoms with van der Waals surface area (Å²) < 4.78 is 6.08. The first-order chi connectivity index (χ1) is 9.43. The summed E-state index contributed by atoms with van der Waals surface area (Å²) in [6.07, 6.45) is 11.7. The molecule has 3 nitrogen and oxygen atoms in total. The summed E-state index contributed by atoms with van der Waals surface area (Å²) in [5.41, 5.74) is 0. The highest BCUT2D eigenvalue weighted by Crippen LogP contribution is 2.34. The number of hydrogen-bond donors (Lipinski definition) is 1. The molecule has 1 saturated carbocycles. The van der Waals surface area contributed by atoms with Crippen LogP contribution in [0.2, 0.25) is 0 Å². The van der Waals surface area contributed by atoms with Crippen LogP contribution in [0, 0.1) is 5.92 Å². The van der Waals surface area contributed by atoms with Crippen LogP contribution in [0.1, 0.15) is 51.4 Å². The summed E-state index contributed by atoms with van der Waals surface area (Å²) in [6.45, 7) is 5.72. The van der Waals surface area contributed by atoms with Gasteiger partial charge < -0.3 is 10.1 Å². The molecule has 3 fully saturated rings. The molecule has 3 rings (SSSR count). The number of piperidine rings is 2. The Balaban J connectivity index is 1.40. The average molecular weight is 266 g/mol. The van der Waals surface area contributed by atoms with Crippen LogP contribution in [-0.2, 0) is 4.74 Å². The first-order valence-electron chi connectivity index (χ1n) is 8.50. The molecule has 19 heavy (non-hydrogen) atoms. The minimum atomic E-state index is 0.521. The second-order valence-electron chi connectivity index (χ2n) is 6.61. The highest BCUT2D eigenvalue weighted by atomic mass is 16.5. The predicted molar refractivity (Wildman–Crippen MR) is 78.4 cm³/mol. The van der Waals surface area contributed by atoms with Crippen LogP contribution in [-0.4, -0.2) is 49.8 Å². The van der Waals surface area contributed by atoms with Crippen molar-refractivity contribution in [2.24, 2.45) is 5.92 Å². The van der Waals surface area contributed by atoms with E-state index in [4.69, 9.17) is 4.74 Å². The summed E-state index contributed by atoms with van der Waals surface area (Å²) in [5, 5.41) is 3.40. The summed E-state index contributed by atoms with van der Waals surface area (Å²) >= 11 is 0. The molecule has 0 aromatic carbocycles. The van der Waals surface area contributed by atoms with Crippen molar-refractivity contribution in [1.29, 1.82) is 0 Å². The van der Waals surface area contributed by atoms with Crippen LogP contribution >= 0.6 is 0 Å². The lowest BCUT2D eigenvalue weighted by molar-refractivity contribution is -0.00698. The standard InChI is InChI=1S/C16H30N2O/c1-2-6-16-14(4-1)5-3-11-18(16)12-13-19-15-7-9-17-10-8-15/h14-17H,1-13H2/t14-,16-/m1/s1. The third-order valence-electron chi connectivity index (χ3n) is 5.38. The normalized spacial score (nSPS) is 34.1. The number of likely N-dealkylation sites (tertiary alicyclic amines) is 1. The lowest BCUT2D eigenvalue weighted by Gasteiger charge is -2.44. The highest BCUT2D eigenvalue weighted by molar-refractivity contribution is 4.87. The third kappa shape index (κ3) is 3.71. The van der Waals surface area contributed by atoms with Gasteiger partial charge in [0.05, 0.1) is 12.7 Å². The van der Waals surface area contributed by atoms with Gasteiger partial charge in [0.15, 0.2) is 0 Å². The van der Waals surface area contributed by atoms with Gasteiger partial charge in [-0.25, -0.2) is 0 Å². The fourth-order valence-corrected chi connectivity index (χ4v) is 4.30. The van der Waals surface area contributed by atoms with E-state index >= 15 is 0 Å². The monoisotopic (exact) mass is 266 g/mol. The van der Waals surface area contributed by atoms with Gasteiger partial charge in [0.1, 0.15) is 0 Å². The lowest BCUT2D eigenvalue weighted by Crippen LogP contribution is -2.48. The first-order valence-corrected chi connectivity index (χ1v) is 8.50. The largest absolute Gasteiger partial charge is 0.377 e. The zero-order valence-corrected chi connectivity index (χ0v) is 12.3.